The Labute approximate surface area is 365 Å². The van der Waals surface area contributed by atoms with E-state index in [1.54, 1.807) is 0 Å². The minimum absolute atomic E-state index is 0.516. The lowest BCUT2D eigenvalue weighted by atomic mass is 9.66. The third-order valence-corrected chi connectivity index (χ3v) is 13.8. The number of thiophene rings is 1. The van der Waals surface area contributed by atoms with Gasteiger partial charge in [-0.05, 0) is 73.8 Å². The molecule has 2 nitrogen and oxygen atoms in total. The highest BCUT2D eigenvalue weighted by Gasteiger charge is 2.46. The van der Waals surface area contributed by atoms with Crippen molar-refractivity contribution in [2.75, 3.05) is 0 Å². The zero-order chi connectivity index (χ0) is 41.0. The second-order valence-corrected chi connectivity index (χ2v) is 17.1. The summed E-state index contributed by atoms with van der Waals surface area (Å²) in [6.07, 6.45) is 0. The van der Waals surface area contributed by atoms with Crippen LogP contribution in [0.4, 0.5) is 0 Å². The van der Waals surface area contributed by atoms with Gasteiger partial charge in [-0.1, -0.05) is 212 Å². The van der Waals surface area contributed by atoms with E-state index >= 15 is 0 Å². The van der Waals surface area contributed by atoms with Gasteiger partial charge in [-0.15, -0.1) is 11.3 Å². The largest absolute Gasteiger partial charge is 0.228 e. The van der Waals surface area contributed by atoms with E-state index in [9.17, 15) is 0 Å². The van der Waals surface area contributed by atoms with E-state index in [1.165, 1.54) is 70.2 Å². The van der Waals surface area contributed by atoms with Gasteiger partial charge in [0.05, 0.1) is 16.8 Å². The quantitative estimate of drug-likeness (QED) is 0.160. The van der Waals surface area contributed by atoms with Crippen molar-refractivity contribution in [3.05, 3.63) is 253 Å². The molecule has 11 aromatic rings. The molecular weight excluding hydrogens is 769 g/mol. The summed E-state index contributed by atoms with van der Waals surface area (Å²) in [6, 6.07) is 83.4. The van der Waals surface area contributed by atoms with Crippen LogP contribution in [0.3, 0.4) is 0 Å². The summed E-state index contributed by atoms with van der Waals surface area (Å²) in [5.41, 5.74) is 16.7. The molecule has 290 valence electrons. The SMILES string of the molecule is c1ccc(-c2nc(-c3ccc(-c4cccc5c4sc4ccccc45)cc3)cc(-c3cccc(-c4ccccc4C4(c5ccccc5)c5ccccc5-c5ccccc54)c3)n2)cc1. The molecule has 0 saturated carbocycles. The molecule has 12 rings (SSSR count). The minimum Gasteiger partial charge on any atom is -0.228 e. The monoisotopic (exact) mass is 806 g/mol. The molecule has 0 atom stereocenters. The number of benzene rings is 9. The summed E-state index contributed by atoms with van der Waals surface area (Å²) in [6.45, 7) is 0. The highest BCUT2D eigenvalue weighted by atomic mass is 32.1. The highest BCUT2D eigenvalue weighted by Crippen LogP contribution is 2.57. The van der Waals surface area contributed by atoms with Crippen LogP contribution in [-0.4, -0.2) is 9.97 Å². The topological polar surface area (TPSA) is 25.8 Å². The first kappa shape index (κ1) is 36.2. The number of aromatic nitrogens is 2. The van der Waals surface area contributed by atoms with Crippen LogP contribution in [0.1, 0.15) is 22.3 Å². The second-order valence-electron chi connectivity index (χ2n) is 16.0. The summed E-state index contributed by atoms with van der Waals surface area (Å²) in [5, 5.41) is 2.61. The van der Waals surface area contributed by atoms with Crippen LogP contribution in [0.25, 0.3) is 87.5 Å². The smallest absolute Gasteiger partial charge is 0.160 e. The van der Waals surface area contributed by atoms with Gasteiger partial charge in [-0.25, -0.2) is 9.97 Å². The maximum Gasteiger partial charge on any atom is 0.160 e. The predicted molar refractivity (Wildman–Crippen MR) is 259 cm³/mol. The van der Waals surface area contributed by atoms with E-state index in [1.807, 2.05) is 29.5 Å². The van der Waals surface area contributed by atoms with Crippen molar-refractivity contribution in [3.63, 3.8) is 0 Å². The first-order chi connectivity index (χ1) is 30.7. The molecule has 0 unspecified atom stereocenters. The van der Waals surface area contributed by atoms with Crippen LogP contribution in [0.2, 0.25) is 0 Å². The van der Waals surface area contributed by atoms with Crippen LogP contribution in [0.5, 0.6) is 0 Å². The van der Waals surface area contributed by atoms with Crippen LogP contribution >= 0.6 is 11.3 Å². The normalized spacial score (nSPS) is 12.6. The molecule has 0 fully saturated rings. The van der Waals surface area contributed by atoms with Gasteiger partial charge in [0.25, 0.3) is 0 Å². The van der Waals surface area contributed by atoms with Crippen LogP contribution in [0, 0.1) is 0 Å². The summed E-state index contributed by atoms with van der Waals surface area (Å²) in [5.74, 6) is 0.699. The molecular formula is C59H38N2S. The van der Waals surface area contributed by atoms with Crippen molar-refractivity contribution in [3.8, 4) is 67.3 Å². The van der Waals surface area contributed by atoms with Gasteiger partial charge in [0.2, 0.25) is 0 Å². The molecule has 0 radical (unpaired) electrons. The van der Waals surface area contributed by atoms with Crippen molar-refractivity contribution in [1.29, 1.82) is 0 Å². The minimum atomic E-state index is -0.516. The summed E-state index contributed by atoms with van der Waals surface area (Å²) in [7, 11) is 0. The molecule has 9 aromatic carbocycles. The Morgan fingerprint density at radius 3 is 1.55 bits per heavy atom. The summed E-state index contributed by atoms with van der Waals surface area (Å²) in [4.78, 5) is 10.5. The van der Waals surface area contributed by atoms with Crippen LogP contribution in [-0.2, 0) is 5.41 Å². The molecule has 0 amide bonds. The van der Waals surface area contributed by atoms with Gasteiger partial charge in [0.1, 0.15) is 0 Å². The molecule has 2 heterocycles. The average molecular weight is 807 g/mol. The molecule has 0 saturated heterocycles. The summed E-state index contributed by atoms with van der Waals surface area (Å²) >= 11 is 1.86. The Balaban J connectivity index is 0.993. The fourth-order valence-electron chi connectivity index (χ4n) is 9.84. The van der Waals surface area contributed by atoms with Crippen molar-refractivity contribution >= 4 is 31.5 Å². The predicted octanol–water partition coefficient (Wildman–Crippen LogP) is 15.5. The van der Waals surface area contributed by atoms with Gasteiger partial charge in [0.15, 0.2) is 5.82 Å². The standard InChI is InChI=1S/C59H38N2S/c1-3-17-41(18-4-1)58-60-54(40-35-33-39(34-36-40)46-27-16-28-50-49-26-10-14-32-56(49)62-57(46)50)38-55(61-58)43-20-15-19-42(37-43)45-23-7-11-29-51(45)59(44-21-5-2-6-22-44)52-30-12-8-24-47(52)48-25-9-13-31-53(48)59/h1-38H. The molecule has 2 aromatic heterocycles. The highest BCUT2D eigenvalue weighted by molar-refractivity contribution is 7.26. The molecule has 0 N–H and O–H groups in total. The number of nitrogens with zero attached hydrogens (tertiary/aromatic N) is 2. The van der Waals surface area contributed by atoms with Crippen molar-refractivity contribution in [2.24, 2.45) is 0 Å². The van der Waals surface area contributed by atoms with E-state index in [4.69, 9.17) is 9.97 Å². The van der Waals surface area contributed by atoms with Crippen molar-refractivity contribution in [1.82, 2.24) is 9.97 Å². The molecule has 0 bridgehead atoms. The Morgan fingerprint density at radius 2 is 0.823 bits per heavy atom. The zero-order valence-corrected chi connectivity index (χ0v) is 34.6. The van der Waals surface area contributed by atoms with Crippen molar-refractivity contribution in [2.45, 2.75) is 5.41 Å². The fraction of sp³-hybridized carbons (Fsp3) is 0.0169. The maximum atomic E-state index is 5.27. The van der Waals surface area contributed by atoms with Gasteiger partial charge in [-0.3, -0.25) is 0 Å². The average Bonchev–Trinajstić information content (AvgIpc) is 3.89. The third-order valence-electron chi connectivity index (χ3n) is 12.6. The lowest BCUT2D eigenvalue weighted by molar-refractivity contribution is 0.770. The van der Waals surface area contributed by atoms with E-state index in [0.29, 0.717) is 5.82 Å². The Morgan fingerprint density at radius 1 is 0.323 bits per heavy atom. The second kappa shape index (κ2) is 14.8. The molecule has 1 aliphatic rings. The van der Waals surface area contributed by atoms with E-state index in [2.05, 4.69) is 212 Å². The number of fused-ring (bicyclic) bond motifs is 6. The molecule has 62 heavy (non-hydrogen) atoms. The summed E-state index contributed by atoms with van der Waals surface area (Å²) < 4.78 is 2.63. The third kappa shape index (κ3) is 5.78. The van der Waals surface area contributed by atoms with Crippen molar-refractivity contribution < 1.29 is 0 Å². The Kier molecular flexibility index (Phi) is 8.62. The molecule has 1 aliphatic carbocycles. The molecule has 0 spiro atoms. The van der Waals surface area contributed by atoms with Gasteiger partial charge in [-0.2, -0.15) is 0 Å². The lowest BCUT2D eigenvalue weighted by Crippen LogP contribution is -2.29. The number of hydrogen-bond donors (Lipinski definition) is 0. The fourth-order valence-corrected chi connectivity index (χ4v) is 11.1. The van der Waals surface area contributed by atoms with Gasteiger partial charge in [0, 0.05) is 36.9 Å². The molecule has 3 heteroatoms. The number of rotatable bonds is 7. The Hall–Kier alpha value is -7.72. The van der Waals surface area contributed by atoms with Gasteiger partial charge >= 0.3 is 0 Å². The van der Waals surface area contributed by atoms with Crippen LogP contribution < -0.4 is 0 Å². The number of hydrogen-bond acceptors (Lipinski definition) is 3. The van der Waals surface area contributed by atoms with Crippen LogP contribution in [0.15, 0.2) is 231 Å². The molecule has 0 aliphatic heterocycles. The lowest BCUT2D eigenvalue weighted by Gasteiger charge is -2.35. The zero-order valence-electron chi connectivity index (χ0n) is 33.7. The van der Waals surface area contributed by atoms with E-state index < -0.39 is 5.41 Å². The van der Waals surface area contributed by atoms with E-state index in [-0.39, 0.29) is 0 Å². The van der Waals surface area contributed by atoms with Gasteiger partial charge < -0.3 is 0 Å². The van der Waals surface area contributed by atoms with E-state index in [0.717, 1.165) is 33.6 Å². The maximum absolute atomic E-state index is 5.27. The first-order valence-electron chi connectivity index (χ1n) is 21.1. The first-order valence-corrected chi connectivity index (χ1v) is 22.0. The Bertz CT molecular complexity index is 3410.